The van der Waals surface area contributed by atoms with Crippen LogP contribution in [0, 0.1) is 6.92 Å². The Morgan fingerprint density at radius 2 is 2.09 bits per heavy atom. The van der Waals surface area contributed by atoms with Crippen LogP contribution in [-0.4, -0.2) is 13.2 Å². The molecule has 1 nitrogen and oxygen atoms in total. The van der Waals surface area contributed by atoms with Gasteiger partial charge in [0.15, 0.2) is 0 Å². The average molecular weight is 155 g/mol. The van der Waals surface area contributed by atoms with Gasteiger partial charge in [0.1, 0.15) is 0 Å². The standard InChI is InChI=1S/C10H19O/c1-3-5-7-9-11-10-8-6-4-2/h6,8H,1,3-5,7,9-10H2,2H3/b8-6+. The van der Waals surface area contributed by atoms with Crippen LogP contribution >= 0.6 is 0 Å². The highest BCUT2D eigenvalue weighted by molar-refractivity contribution is 4.79. The molecule has 0 spiro atoms. The van der Waals surface area contributed by atoms with Gasteiger partial charge in [-0.15, -0.1) is 0 Å². The molecule has 0 saturated carbocycles. The van der Waals surface area contributed by atoms with E-state index in [0.717, 1.165) is 32.5 Å². The summed E-state index contributed by atoms with van der Waals surface area (Å²) in [4.78, 5) is 0. The van der Waals surface area contributed by atoms with Crippen molar-refractivity contribution in [3.63, 3.8) is 0 Å². The van der Waals surface area contributed by atoms with Gasteiger partial charge in [-0.25, -0.2) is 0 Å². The van der Waals surface area contributed by atoms with Crippen LogP contribution in [0.5, 0.6) is 0 Å². The quantitative estimate of drug-likeness (QED) is 0.405. The lowest BCUT2D eigenvalue weighted by Gasteiger charge is -1.98. The van der Waals surface area contributed by atoms with Crippen LogP contribution in [0.1, 0.15) is 32.6 Å². The van der Waals surface area contributed by atoms with Gasteiger partial charge in [0.25, 0.3) is 0 Å². The Morgan fingerprint density at radius 3 is 2.73 bits per heavy atom. The molecule has 0 unspecified atom stereocenters. The van der Waals surface area contributed by atoms with Crippen molar-refractivity contribution >= 4 is 0 Å². The lowest BCUT2D eigenvalue weighted by molar-refractivity contribution is 0.158. The summed E-state index contributed by atoms with van der Waals surface area (Å²) in [7, 11) is 0. The van der Waals surface area contributed by atoms with E-state index in [1.807, 2.05) is 0 Å². The van der Waals surface area contributed by atoms with Gasteiger partial charge in [0.2, 0.25) is 0 Å². The Morgan fingerprint density at radius 1 is 1.27 bits per heavy atom. The molecule has 1 radical (unpaired) electrons. The smallest absolute Gasteiger partial charge is 0.0647 e. The van der Waals surface area contributed by atoms with Gasteiger partial charge in [-0.05, 0) is 12.8 Å². The molecule has 0 atom stereocenters. The van der Waals surface area contributed by atoms with Gasteiger partial charge < -0.3 is 4.74 Å². The minimum atomic E-state index is 0.769. The monoisotopic (exact) mass is 155 g/mol. The SMILES string of the molecule is [CH2]CCCCOC/C=C/CC. The fraction of sp³-hybridized carbons (Fsp3) is 0.700. The van der Waals surface area contributed by atoms with Crippen LogP contribution < -0.4 is 0 Å². The Hall–Kier alpha value is -0.300. The normalized spacial score (nSPS) is 11.1. The summed E-state index contributed by atoms with van der Waals surface area (Å²) in [5.41, 5.74) is 0. The van der Waals surface area contributed by atoms with E-state index in [1.54, 1.807) is 0 Å². The number of unbranched alkanes of at least 4 members (excludes halogenated alkanes) is 2. The largest absolute Gasteiger partial charge is 0.377 e. The van der Waals surface area contributed by atoms with Crippen molar-refractivity contribution in [3.8, 4) is 0 Å². The summed E-state index contributed by atoms with van der Waals surface area (Å²) in [5.74, 6) is 0. The third-order valence-electron chi connectivity index (χ3n) is 1.41. The van der Waals surface area contributed by atoms with E-state index in [9.17, 15) is 0 Å². The first-order chi connectivity index (χ1) is 5.41. The van der Waals surface area contributed by atoms with Gasteiger partial charge in [0.05, 0.1) is 6.61 Å². The van der Waals surface area contributed by atoms with Gasteiger partial charge in [-0.3, -0.25) is 0 Å². The van der Waals surface area contributed by atoms with Crippen molar-refractivity contribution in [1.82, 2.24) is 0 Å². The summed E-state index contributed by atoms with van der Waals surface area (Å²) in [6.07, 6.45) is 8.64. The molecule has 0 amide bonds. The molecule has 0 saturated heterocycles. The molecular weight excluding hydrogens is 136 g/mol. The second-order valence-corrected chi connectivity index (χ2v) is 2.52. The third-order valence-corrected chi connectivity index (χ3v) is 1.41. The molecule has 0 aromatic heterocycles. The van der Waals surface area contributed by atoms with Gasteiger partial charge in [-0.1, -0.05) is 38.8 Å². The average Bonchev–Trinajstić information content (AvgIpc) is 2.03. The molecule has 0 rings (SSSR count). The molecule has 65 valence electrons. The molecule has 0 fully saturated rings. The van der Waals surface area contributed by atoms with Crippen LogP contribution in [0.2, 0.25) is 0 Å². The van der Waals surface area contributed by atoms with Crippen molar-refractivity contribution in [2.24, 2.45) is 0 Å². The number of hydrogen-bond acceptors (Lipinski definition) is 1. The Kier molecular flexibility index (Phi) is 9.44. The highest BCUT2D eigenvalue weighted by atomic mass is 16.5. The van der Waals surface area contributed by atoms with Gasteiger partial charge in [-0.2, -0.15) is 0 Å². The minimum Gasteiger partial charge on any atom is -0.377 e. The maximum absolute atomic E-state index is 5.32. The van der Waals surface area contributed by atoms with Crippen molar-refractivity contribution < 1.29 is 4.74 Å². The fourth-order valence-electron chi connectivity index (χ4n) is 0.767. The first kappa shape index (κ1) is 10.7. The van der Waals surface area contributed by atoms with Gasteiger partial charge in [0, 0.05) is 6.61 Å². The minimum absolute atomic E-state index is 0.769. The molecule has 0 aliphatic carbocycles. The zero-order chi connectivity index (χ0) is 8.36. The third kappa shape index (κ3) is 9.70. The number of hydrogen-bond donors (Lipinski definition) is 0. The molecule has 0 bridgehead atoms. The summed E-state index contributed by atoms with van der Waals surface area (Å²) >= 11 is 0. The molecule has 0 heterocycles. The summed E-state index contributed by atoms with van der Waals surface area (Å²) in [6, 6.07) is 0. The topological polar surface area (TPSA) is 9.23 Å². The van der Waals surface area contributed by atoms with E-state index in [-0.39, 0.29) is 0 Å². The van der Waals surface area contributed by atoms with Crippen LogP contribution in [-0.2, 0) is 4.74 Å². The molecule has 0 aliphatic rings. The molecule has 0 aromatic rings. The van der Waals surface area contributed by atoms with E-state index < -0.39 is 0 Å². The van der Waals surface area contributed by atoms with E-state index >= 15 is 0 Å². The van der Waals surface area contributed by atoms with Crippen molar-refractivity contribution in [3.05, 3.63) is 19.1 Å². The molecule has 11 heavy (non-hydrogen) atoms. The van der Waals surface area contributed by atoms with Crippen molar-refractivity contribution in [2.45, 2.75) is 32.6 Å². The van der Waals surface area contributed by atoms with E-state index in [1.165, 1.54) is 6.42 Å². The van der Waals surface area contributed by atoms with Crippen LogP contribution in [0.3, 0.4) is 0 Å². The van der Waals surface area contributed by atoms with E-state index in [2.05, 4.69) is 26.0 Å². The van der Waals surface area contributed by atoms with Crippen LogP contribution in [0.4, 0.5) is 0 Å². The lowest BCUT2D eigenvalue weighted by Crippen LogP contribution is -1.93. The summed E-state index contributed by atoms with van der Waals surface area (Å²) in [6.45, 7) is 7.54. The van der Waals surface area contributed by atoms with Gasteiger partial charge >= 0.3 is 0 Å². The van der Waals surface area contributed by atoms with E-state index in [0.29, 0.717) is 0 Å². The number of ether oxygens (including phenoxy) is 1. The predicted octanol–water partition coefficient (Wildman–Crippen LogP) is 2.97. The maximum Gasteiger partial charge on any atom is 0.0647 e. The molecule has 0 aliphatic heterocycles. The lowest BCUT2D eigenvalue weighted by atomic mass is 10.3. The first-order valence-electron chi connectivity index (χ1n) is 4.43. The maximum atomic E-state index is 5.32. The highest BCUT2D eigenvalue weighted by Gasteiger charge is 1.84. The molecule has 1 heteroatoms. The molecular formula is C10H19O. The zero-order valence-corrected chi connectivity index (χ0v) is 7.51. The second kappa shape index (κ2) is 9.70. The van der Waals surface area contributed by atoms with Crippen molar-refractivity contribution in [1.29, 1.82) is 0 Å². The van der Waals surface area contributed by atoms with Crippen LogP contribution in [0.25, 0.3) is 0 Å². The zero-order valence-electron chi connectivity index (χ0n) is 7.51. The Balaban J connectivity index is 2.85. The Bertz CT molecular complexity index is 86.9. The molecule has 0 aromatic carbocycles. The summed E-state index contributed by atoms with van der Waals surface area (Å²) in [5, 5.41) is 0. The first-order valence-corrected chi connectivity index (χ1v) is 4.43. The summed E-state index contributed by atoms with van der Waals surface area (Å²) < 4.78 is 5.32. The number of rotatable bonds is 7. The van der Waals surface area contributed by atoms with Crippen molar-refractivity contribution in [2.75, 3.05) is 13.2 Å². The van der Waals surface area contributed by atoms with E-state index in [4.69, 9.17) is 4.74 Å². The predicted molar refractivity (Wildman–Crippen MR) is 49.5 cm³/mol. The van der Waals surface area contributed by atoms with Crippen LogP contribution in [0.15, 0.2) is 12.2 Å². The molecule has 0 N–H and O–H groups in total. The second-order valence-electron chi connectivity index (χ2n) is 2.52. The highest BCUT2D eigenvalue weighted by Crippen LogP contribution is 1.93. The number of allylic oxidation sites excluding steroid dienone is 1. The Labute approximate surface area is 70.4 Å². The fourth-order valence-corrected chi connectivity index (χ4v) is 0.767.